The Kier molecular flexibility index (Phi) is 3.25. The number of fused-ring (bicyclic) bond motifs is 1. The molecule has 1 unspecified atom stereocenters. The van der Waals surface area contributed by atoms with Gasteiger partial charge in [0.1, 0.15) is 5.52 Å². The minimum Gasteiger partial charge on any atom is -0.387 e. The molecule has 0 fully saturated rings. The van der Waals surface area contributed by atoms with Gasteiger partial charge in [-0.1, -0.05) is 41.9 Å². The van der Waals surface area contributed by atoms with E-state index in [1.807, 2.05) is 30.3 Å². The van der Waals surface area contributed by atoms with Gasteiger partial charge in [-0.15, -0.1) is 0 Å². The van der Waals surface area contributed by atoms with E-state index >= 15 is 0 Å². The molecule has 0 aliphatic rings. The van der Waals surface area contributed by atoms with E-state index in [0.717, 1.165) is 5.56 Å². The van der Waals surface area contributed by atoms with Crippen molar-refractivity contribution in [2.24, 2.45) is 0 Å². The molecule has 1 atom stereocenters. The van der Waals surface area contributed by atoms with E-state index < -0.39 is 6.10 Å². The van der Waals surface area contributed by atoms with Crippen LogP contribution in [0.3, 0.4) is 0 Å². The van der Waals surface area contributed by atoms with E-state index in [1.54, 1.807) is 10.9 Å². The van der Waals surface area contributed by atoms with Crippen LogP contribution < -0.4 is 5.73 Å². The number of hydrogen-bond acceptors (Lipinski definition) is 5. The molecule has 2 heterocycles. The molecular formula is C13H12ClN5O. The number of aromatic nitrogens is 4. The van der Waals surface area contributed by atoms with Crippen LogP contribution in [0.1, 0.15) is 11.7 Å². The number of nitrogens with two attached hydrogens (primary N) is 1. The Morgan fingerprint density at radius 1 is 1.25 bits per heavy atom. The predicted molar refractivity (Wildman–Crippen MR) is 76.1 cm³/mol. The molecule has 0 saturated heterocycles. The molecule has 0 bridgehead atoms. The number of benzene rings is 1. The first kappa shape index (κ1) is 12.8. The molecule has 0 amide bonds. The van der Waals surface area contributed by atoms with Crippen LogP contribution in [0.4, 0.5) is 5.95 Å². The SMILES string of the molecule is Nc1nc(Cl)c2c(ncn2CC(O)c2ccccc2)n1. The van der Waals surface area contributed by atoms with E-state index in [4.69, 9.17) is 17.3 Å². The summed E-state index contributed by atoms with van der Waals surface area (Å²) in [7, 11) is 0. The third kappa shape index (κ3) is 2.31. The van der Waals surface area contributed by atoms with E-state index in [2.05, 4.69) is 15.0 Å². The van der Waals surface area contributed by atoms with Crippen molar-refractivity contribution in [3.63, 3.8) is 0 Å². The number of nitrogen functional groups attached to an aromatic ring is 1. The molecule has 2 aromatic heterocycles. The van der Waals surface area contributed by atoms with Crippen molar-refractivity contribution < 1.29 is 5.11 Å². The van der Waals surface area contributed by atoms with Crippen LogP contribution in [-0.4, -0.2) is 24.6 Å². The van der Waals surface area contributed by atoms with Crippen LogP contribution in [0, 0.1) is 0 Å². The molecule has 6 nitrogen and oxygen atoms in total. The smallest absolute Gasteiger partial charge is 0.223 e. The van der Waals surface area contributed by atoms with Crippen LogP contribution in [-0.2, 0) is 6.54 Å². The summed E-state index contributed by atoms with van der Waals surface area (Å²) in [5.41, 5.74) is 7.33. The molecule has 0 radical (unpaired) electrons. The molecule has 0 saturated carbocycles. The number of nitrogens with zero attached hydrogens (tertiary/aromatic N) is 4. The van der Waals surface area contributed by atoms with Crippen molar-refractivity contribution in [2.45, 2.75) is 12.6 Å². The van der Waals surface area contributed by atoms with Gasteiger partial charge in [-0.25, -0.2) is 4.98 Å². The number of aliphatic hydroxyl groups is 1. The van der Waals surface area contributed by atoms with E-state index in [-0.39, 0.29) is 11.1 Å². The molecule has 3 N–H and O–H groups in total. The Bertz CT molecular complexity index is 743. The summed E-state index contributed by atoms with van der Waals surface area (Å²) in [5.74, 6) is 0.0800. The predicted octanol–water partition coefficient (Wildman–Crippen LogP) is 1.80. The Balaban J connectivity index is 1.96. The molecule has 1 aromatic carbocycles. The maximum atomic E-state index is 10.2. The van der Waals surface area contributed by atoms with Crippen molar-refractivity contribution >= 4 is 28.7 Å². The van der Waals surface area contributed by atoms with Crippen molar-refractivity contribution in [3.8, 4) is 0 Å². The molecular weight excluding hydrogens is 278 g/mol. The zero-order valence-corrected chi connectivity index (χ0v) is 11.2. The monoisotopic (exact) mass is 289 g/mol. The fourth-order valence-electron chi connectivity index (χ4n) is 2.06. The minimum absolute atomic E-state index is 0.0800. The summed E-state index contributed by atoms with van der Waals surface area (Å²) in [4.78, 5) is 12.0. The van der Waals surface area contributed by atoms with Crippen LogP contribution >= 0.6 is 11.6 Å². The van der Waals surface area contributed by atoms with E-state index in [9.17, 15) is 5.11 Å². The summed E-state index contributed by atoms with van der Waals surface area (Å²) in [6, 6.07) is 9.37. The highest BCUT2D eigenvalue weighted by Crippen LogP contribution is 2.23. The molecule has 20 heavy (non-hydrogen) atoms. The quantitative estimate of drug-likeness (QED) is 0.718. The lowest BCUT2D eigenvalue weighted by Gasteiger charge is -2.12. The standard InChI is InChI=1S/C13H12ClN5O/c14-11-10-12(18-13(15)17-11)16-7-19(10)6-9(20)8-4-2-1-3-5-8/h1-5,7,9,20H,6H2,(H2,15,17,18). The molecule has 0 spiro atoms. The lowest BCUT2D eigenvalue weighted by molar-refractivity contribution is 0.158. The Morgan fingerprint density at radius 2 is 2.00 bits per heavy atom. The highest BCUT2D eigenvalue weighted by Gasteiger charge is 2.14. The molecule has 3 rings (SSSR count). The van der Waals surface area contributed by atoms with Gasteiger partial charge in [0.25, 0.3) is 0 Å². The van der Waals surface area contributed by atoms with Gasteiger partial charge in [-0.05, 0) is 5.56 Å². The lowest BCUT2D eigenvalue weighted by Crippen LogP contribution is -2.08. The van der Waals surface area contributed by atoms with E-state index in [0.29, 0.717) is 17.7 Å². The van der Waals surface area contributed by atoms with Crippen molar-refractivity contribution in [2.75, 3.05) is 5.73 Å². The Hall–Kier alpha value is -2.18. The van der Waals surface area contributed by atoms with Gasteiger partial charge in [0.15, 0.2) is 10.8 Å². The number of aliphatic hydroxyl groups excluding tert-OH is 1. The normalized spacial score (nSPS) is 12.7. The first-order chi connectivity index (χ1) is 9.65. The maximum Gasteiger partial charge on any atom is 0.223 e. The molecule has 3 aromatic rings. The van der Waals surface area contributed by atoms with Crippen LogP contribution in [0.15, 0.2) is 36.7 Å². The number of rotatable bonds is 3. The number of anilines is 1. The van der Waals surface area contributed by atoms with Gasteiger partial charge in [-0.3, -0.25) is 0 Å². The third-order valence-corrected chi connectivity index (χ3v) is 3.26. The average Bonchev–Trinajstić information content (AvgIpc) is 2.82. The molecule has 0 aliphatic carbocycles. The molecule has 102 valence electrons. The summed E-state index contributed by atoms with van der Waals surface area (Å²) in [5, 5.41) is 10.5. The van der Waals surface area contributed by atoms with Crippen molar-refractivity contribution in [1.29, 1.82) is 0 Å². The summed E-state index contributed by atoms with van der Waals surface area (Å²) >= 11 is 6.06. The van der Waals surface area contributed by atoms with Gasteiger partial charge < -0.3 is 15.4 Å². The fraction of sp³-hybridized carbons (Fsp3) is 0.154. The second-order valence-electron chi connectivity index (χ2n) is 4.37. The second-order valence-corrected chi connectivity index (χ2v) is 4.73. The van der Waals surface area contributed by atoms with Crippen LogP contribution in [0.2, 0.25) is 5.15 Å². The number of imidazole rings is 1. The zero-order valence-electron chi connectivity index (χ0n) is 10.4. The average molecular weight is 290 g/mol. The molecule has 7 heteroatoms. The van der Waals surface area contributed by atoms with Gasteiger partial charge in [-0.2, -0.15) is 9.97 Å². The topological polar surface area (TPSA) is 89.8 Å². The van der Waals surface area contributed by atoms with Gasteiger partial charge >= 0.3 is 0 Å². The second kappa shape index (κ2) is 5.07. The van der Waals surface area contributed by atoms with Crippen molar-refractivity contribution in [3.05, 3.63) is 47.4 Å². The van der Waals surface area contributed by atoms with Gasteiger partial charge in [0, 0.05) is 0 Å². The third-order valence-electron chi connectivity index (χ3n) is 3.00. The minimum atomic E-state index is -0.665. The highest BCUT2D eigenvalue weighted by molar-refractivity contribution is 6.33. The van der Waals surface area contributed by atoms with Gasteiger partial charge in [0.2, 0.25) is 5.95 Å². The lowest BCUT2D eigenvalue weighted by atomic mass is 10.1. The van der Waals surface area contributed by atoms with Crippen molar-refractivity contribution in [1.82, 2.24) is 19.5 Å². The Morgan fingerprint density at radius 3 is 2.75 bits per heavy atom. The fourth-order valence-corrected chi connectivity index (χ4v) is 2.34. The first-order valence-electron chi connectivity index (χ1n) is 6.02. The number of hydrogen-bond donors (Lipinski definition) is 2. The summed E-state index contributed by atoms with van der Waals surface area (Å²) in [6.45, 7) is 0.313. The summed E-state index contributed by atoms with van der Waals surface area (Å²) < 4.78 is 1.72. The van der Waals surface area contributed by atoms with Gasteiger partial charge in [0.05, 0.1) is 19.0 Å². The van der Waals surface area contributed by atoms with Crippen LogP contribution in [0.25, 0.3) is 11.2 Å². The van der Waals surface area contributed by atoms with Crippen LogP contribution in [0.5, 0.6) is 0 Å². The zero-order chi connectivity index (χ0) is 14.1. The van der Waals surface area contributed by atoms with E-state index in [1.165, 1.54) is 0 Å². The first-order valence-corrected chi connectivity index (χ1v) is 6.40. The molecule has 0 aliphatic heterocycles. The summed E-state index contributed by atoms with van der Waals surface area (Å²) in [6.07, 6.45) is 0.902. The highest BCUT2D eigenvalue weighted by atomic mass is 35.5. The maximum absolute atomic E-state index is 10.2. The number of halogens is 1. The Labute approximate surface area is 119 Å². The largest absolute Gasteiger partial charge is 0.387 e.